The van der Waals surface area contributed by atoms with Crippen molar-refractivity contribution < 1.29 is 5.11 Å². The highest BCUT2D eigenvalue weighted by molar-refractivity contribution is 5.85. The van der Waals surface area contributed by atoms with Crippen molar-refractivity contribution in [2.45, 2.75) is 52.1 Å². The Labute approximate surface area is 168 Å². The summed E-state index contributed by atoms with van der Waals surface area (Å²) in [5.41, 5.74) is 11.2. The van der Waals surface area contributed by atoms with E-state index in [1.165, 1.54) is 0 Å². The molecule has 2 aromatic rings. The predicted octanol–water partition coefficient (Wildman–Crippen LogP) is 6.40. The first-order valence-electron chi connectivity index (χ1n) is 9.12. The zero-order chi connectivity index (χ0) is 19.1. The van der Waals surface area contributed by atoms with Gasteiger partial charge in [0.2, 0.25) is 0 Å². The van der Waals surface area contributed by atoms with Crippen LogP contribution < -0.4 is 0 Å². The van der Waals surface area contributed by atoms with Gasteiger partial charge in [-0.2, -0.15) is 0 Å². The number of hydrogen-bond acceptors (Lipinski definition) is 3. The van der Waals surface area contributed by atoms with Crippen molar-refractivity contribution >= 4 is 18.1 Å². The molecule has 0 radical (unpaired) electrons. The summed E-state index contributed by atoms with van der Waals surface area (Å²) in [6.07, 6.45) is 0.869. The maximum Gasteiger partial charge on any atom is 0.119 e. The number of benzene rings is 2. The van der Waals surface area contributed by atoms with Crippen LogP contribution in [-0.4, -0.2) is 28.6 Å². The van der Waals surface area contributed by atoms with Crippen molar-refractivity contribution in [3.05, 3.63) is 70.1 Å². The molecule has 146 valence electrons. The van der Waals surface area contributed by atoms with Gasteiger partial charge in [0.1, 0.15) is 5.75 Å². The first-order chi connectivity index (χ1) is 12.4. The van der Waals surface area contributed by atoms with Crippen LogP contribution in [-0.2, 0) is 0 Å². The van der Waals surface area contributed by atoms with Gasteiger partial charge < -0.3 is 5.11 Å². The van der Waals surface area contributed by atoms with Gasteiger partial charge in [-0.1, -0.05) is 35.4 Å². The lowest BCUT2D eigenvalue weighted by molar-refractivity contribution is 0.170. The SMILES string of the molecule is CC(C)N(CCC(c1ccccc1)c1cc(N=[N+]=[N-])ccc1O)C(C)C.Cl. The van der Waals surface area contributed by atoms with Crippen molar-refractivity contribution in [3.8, 4) is 5.75 Å². The zero-order valence-corrected chi connectivity index (χ0v) is 17.2. The molecule has 0 aliphatic carbocycles. The second-order valence-electron chi connectivity index (χ2n) is 7.11. The zero-order valence-electron chi connectivity index (χ0n) is 16.4. The van der Waals surface area contributed by atoms with Crippen LogP contribution in [0.4, 0.5) is 5.69 Å². The molecule has 1 unspecified atom stereocenters. The van der Waals surface area contributed by atoms with E-state index in [2.05, 4.69) is 54.8 Å². The van der Waals surface area contributed by atoms with Gasteiger partial charge in [0.25, 0.3) is 0 Å². The molecule has 2 rings (SSSR count). The summed E-state index contributed by atoms with van der Waals surface area (Å²) in [5, 5.41) is 14.2. The van der Waals surface area contributed by atoms with E-state index in [1.54, 1.807) is 18.2 Å². The average Bonchev–Trinajstić information content (AvgIpc) is 2.61. The molecule has 0 aliphatic heterocycles. The van der Waals surface area contributed by atoms with Crippen LogP contribution in [0.15, 0.2) is 53.6 Å². The van der Waals surface area contributed by atoms with E-state index in [0.717, 1.165) is 24.1 Å². The summed E-state index contributed by atoms with van der Waals surface area (Å²) >= 11 is 0. The van der Waals surface area contributed by atoms with Gasteiger partial charge in [-0.05, 0) is 70.0 Å². The summed E-state index contributed by atoms with van der Waals surface area (Å²) in [6, 6.07) is 16.1. The number of aromatic hydroxyl groups is 1. The normalized spacial score (nSPS) is 12.0. The molecule has 0 spiro atoms. The van der Waals surface area contributed by atoms with E-state index in [4.69, 9.17) is 5.53 Å². The quantitative estimate of drug-likeness (QED) is 0.323. The Bertz CT molecular complexity index is 750. The molecule has 0 aliphatic rings. The number of nitrogens with zero attached hydrogens (tertiary/aromatic N) is 4. The van der Waals surface area contributed by atoms with E-state index < -0.39 is 0 Å². The second kappa shape index (κ2) is 10.8. The molecule has 27 heavy (non-hydrogen) atoms. The third-order valence-corrected chi connectivity index (χ3v) is 4.75. The Kier molecular flexibility index (Phi) is 9.16. The molecule has 0 amide bonds. The molecular formula is C21H29ClN4O. The fourth-order valence-electron chi connectivity index (χ4n) is 3.51. The summed E-state index contributed by atoms with van der Waals surface area (Å²) in [5.74, 6) is 0.265. The van der Waals surface area contributed by atoms with Crippen LogP contribution in [0.25, 0.3) is 10.4 Å². The topological polar surface area (TPSA) is 72.2 Å². The maximum atomic E-state index is 10.5. The lowest BCUT2D eigenvalue weighted by atomic mass is 9.87. The number of rotatable bonds is 8. The molecule has 6 heteroatoms. The first-order valence-corrected chi connectivity index (χ1v) is 9.12. The van der Waals surface area contributed by atoms with Gasteiger partial charge in [0.15, 0.2) is 0 Å². The molecular weight excluding hydrogens is 360 g/mol. The average molecular weight is 389 g/mol. The van der Waals surface area contributed by atoms with Crippen LogP contribution in [0.2, 0.25) is 0 Å². The highest BCUT2D eigenvalue weighted by atomic mass is 35.5. The second-order valence-corrected chi connectivity index (χ2v) is 7.11. The van der Waals surface area contributed by atoms with E-state index in [1.807, 2.05) is 18.2 Å². The number of halogens is 1. The molecule has 0 saturated carbocycles. The minimum Gasteiger partial charge on any atom is -0.508 e. The molecule has 0 heterocycles. The fraction of sp³-hybridized carbons (Fsp3) is 0.429. The van der Waals surface area contributed by atoms with Crippen LogP contribution in [0.5, 0.6) is 5.75 Å². The minimum absolute atomic E-state index is 0. The van der Waals surface area contributed by atoms with E-state index in [-0.39, 0.29) is 24.1 Å². The molecule has 0 saturated heterocycles. The van der Waals surface area contributed by atoms with Gasteiger partial charge >= 0.3 is 0 Å². The Balaban J connectivity index is 0.00000364. The van der Waals surface area contributed by atoms with Gasteiger partial charge in [0, 0.05) is 34.2 Å². The Hall–Kier alpha value is -2.20. The van der Waals surface area contributed by atoms with E-state index in [9.17, 15) is 5.11 Å². The van der Waals surface area contributed by atoms with Gasteiger partial charge in [-0.15, -0.1) is 12.4 Å². The fourth-order valence-corrected chi connectivity index (χ4v) is 3.51. The van der Waals surface area contributed by atoms with Gasteiger partial charge in [-0.25, -0.2) is 0 Å². The lowest BCUT2D eigenvalue weighted by Crippen LogP contribution is -2.38. The molecule has 0 fully saturated rings. The summed E-state index contributed by atoms with van der Waals surface area (Å²) in [4.78, 5) is 5.31. The van der Waals surface area contributed by atoms with E-state index in [0.29, 0.717) is 17.8 Å². The van der Waals surface area contributed by atoms with Crippen LogP contribution in [0, 0.1) is 0 Å². The Morgan fingerprint density at radius 2 is 1.67 bits per heavy atom. The van der Waals surface area contributed by atoms with Gasteiger partial charge in [-0.3, -0.25) is 4.90 Å². The number of phenols is 1. The first kappa shape index (κ1) is 22.8. The van der Waals surface area contributed by atoms with Crippen molar-refractivity contribution in [1.29, 1.82) is 0 Å². The van der Waals surface area contributed by atoms with E-state index >= 15 is 0 Å². The molecule has 2 aromatic carbocycles. The standard InChI is InChI=1S/C21H28N4O.ClH/c1-15(2)25(16(3)4)13-12-19(17-8-6-5-7-9-17)20-14-18(23-24-22)10-11-21(20)26;/h5-11,14-16,19,26H,12-13H2,1-4H3;1H. The Morgan fingerprint density at radius 3 is 2.22 bits per heavy atom. The predicted molar refractivity (Wildman–Crippen MR) is 114 cm³/mol. The molecule has 1 atom stereocenters. The highest BCUT2D eigenvalue weighted by Gasteiger charge is 2.21. The third-order valence-electron chi connectivity index (χ3n) is 4.75. The molecule has 0 aromatic heterocycles. The molecule has 0 bridgehead atoms. The van der Waals surface area contributed by atoms with Crippen molar-refractivity contribution in [3.63, 3.8) is 0 Å². The van der Waals surface area contributed by atoms with Gasteiger partial charge in [0.05, 0.1) is 0 Å². The lowest BCUT2D eigenvalue weighted by Gasteiger charge is -2.32. The van der Waals surface area contributed by atoms with Crippen LogP contribution >= 0.6 is 12.4 Å². The Morgan fingerprint density at radius 1 is 1.04 bits per heavy atom. The third kappa shape index (κ3) is 6.17. The van der Waals surface area contributed by atoms with Crippen LogP contribution in [0.1, 0.15) is 51.2 Å². The summed E-state index contributed by atoms with van der Waals surface area (Å²) < 4.78 is 0. The number of azide groups is 1. The largest absolute Gasteiger partial charge is 0.508 e. The summed E-state index contributed by atoms with van der Waals surface area (Å²) in [7, 11) is 0. The smallest absolute Gasteiger partial charge is 0.119 e. The van der Waals surface area contributed by atoms with Crippen molar-refractivity contribution in [2.24, 2.45) is 5.11 Å². The summed E-state index contributed by atoms with van der Waals surface area (Å²) in [6.45, 7) is 9.74. The maximum absolute atomic E-state index is 10.5. The van der Waals surface area contributed by atoms with Crippen molar-refractivity contribution in [2.75, 3.05) is 6.54 Å². The van der Waals surface area contributed by atoms with Crippen LogP contribution in [0.3, 0.4) is 0 Å². The number of hydrogen-bond donors (Lipinski definition) is 1. The minimum atomic E-state index is 0. The monoisotopic (exact) mass is 388 g/mol. The molecule has 5 nitrogen and oxygen atoms in total. The van der Waals surface area contributed by atoms with Crippen molar-refractivity contribution in [1.82, 2.24) is 4.90 Å². The molecule has 1 N–H and O–H groups in total. The highest BCUT2D eigenvalue weighted by Crippen LogP contribution is 2.36. The number of phenolic OH excluding ortho intramolecular Hbond substituents is 1.